The number of amides is 1. The predicted molar refractivity (Wildman–Crippen MR) is 61.2 cm³/mol. The number of rotatable bonds is 6. The molecule has 0 radical (unpaired) electrons. The Hall–Kier alpha value is -0.660. The van der Waals surface area contributed by atoms with Crippen LogP contribution in [0.2, 0.25) is 0 Å². The lowest BCUT2D eigenvalue weighted by Crippen LogP contribution is -2.39. The van der Waals surface area contributed by atoms with Gasteiger partial charge in [0.05, 0.1) is 12.3 Å². The van der Waals surface area contributed by atoms with Gasteiger partial charge in [0.15, 0.2) is 0 Å². The fraction of sp³-hybridized carbons (Fsp3) is 0.889. The second-order valence-corrected chi connectivity index (χ2v) is 5.97. The van der Waals surface area contributed by atoms with Crippen molar-refractivity contribution >= 4 is 15.9 Å². The number of sulfonamides is 1. The molecule has 1 atom stereocenters. The van der Waals surface area contributed by atoms with Gasteiger partial charge in [0.25, 0.3) is 0 Å². The highest BCUT2D eigenvalue weighted by Crippen LogP contribution is 2.10. The maximum absolute atomic E-state index is 11.4. The minimum Gasteiger partial charge on any atom is -0.369 e. The first-order valence-corrected chi connectivity index (χ1v) is 7.14. The fourth-order valence-corrected chi connectivity index (χ4v) is 2.82. The Morgan fingerprint density at radius 3 is 2.75 bits per heavy atom. The zero-order valence-electron chi connectivity index (χ0n) is 9.24. The van der Waals surface area contributed by atoms with Crippen molar-refractivity contribution in [1.29, 1.82) is 0 Å². The Bertz CT molecular complexity index is 323. The minimum atomic E-state index is -3.37. The zero-order chi connectivity index (χ0) is 12.0. The van der Waals surface area contributed by atoms with Gasteiger partial charge in [0.2, 0.25) is 15.9 Å². The second kappa shape index (κ2) is 6.17. The van der Waals surface area contributed by atoms with Gasteiger partial charge >= 0.3 is 0 Å². The minimum absolute atomic E-state index is 0.0396. The third kappa shape index (κ3) is 5.43. The average molecular weight is 249 g/mol. The summed E-state index contributed by atoms with van der Waals surface area (Å²) in [6.45, 7) is 0.639. The number of primary amides is 1. The number of piperidine rings is 1. The van der Waals surface area contributed by atoms with Crippen LogP contribution in [-0.4, -0.2) is 39.2 Å². The van der Waals surface area contributed by atoms with Crippen molar-refractivity contribution in [3.05, 3.63) is 0 Å². The van der Waals surface area contributed by atoms with Crippen LogP contribution in [0.25, 0.3) is 0 Å². The van der Waals surface area contributed by atoms with Crippen LogP contribution in [0.3, 0.4) is 0 Å². The zero-order valence-corrected chi connectivity index (χ0v) is 10.1. The molecule has 0 saturated carbocycles. The summed E-state index contributed by atoms with van der Waals surface area (Å²) < 4.78 is 25.0. The van der Waals surface area contributed by atoms with E-state index in [1.807, 2.05) is 0 Å². The Labute approximate surface area is 96.0 Å². The molecule has 0 bridgehead atoms. The van der Waals surface area contributed by atoms with Crippen molar-refractivity contribution < 1.29 is 13.2 Å². The van der Waals surface area contributed by atoms with E-state index in [1.54, 1.807) is 0 Å². The maximum Gasteiger partial charge on any atom is 0.232 e. The summed E-state index contributed by atoms with van der Waals surface area (Å²) in [6.07, 6.45) is 3.90. The van der Waals surface area contributed by atoms with E-state index in [1.165, 1.54) is 0 Å². The van der Waals surface area contributed by atoms with Crippen LogP contribution in [0.4, 0.5) is 0 Å². The molecule has 0 spiro atoms. The van der Waals surface area contributed by atoms with Crippen LogP contribution >= 0.6 is 0 Å². The van der Waals surface area contributed by atoms with E-state index >= 15 is 0 Å². The van der Waals surface area contributed by atoms with E-state index in [2.05, 4.69) is 10.0 Å². The van der Waals surface area contributed by atoms with Gasteiger partial charge in [-0.3, -0.25) is 4.79 Å². The highest BCUT2D eigenvalue weighted by atomic mass is 32.2. The molecule has 1 fully saturated rings. The van der Waals surface area contributed by atoms with Gasteiger partial charge in [-0.05, 0) is 25.8 Å². The van der Waals surface area contributed by atoms with E-state index < -0.39 is 15.9 Å². The number of hydrogen-bond acceptors (Lipinski definition) is 4. The summed E-state index contributed by atoms with van der Waals surface area (Å²) in [4.78, 5) is 10.4. The van der Waals surface area contributed by atoms with Crippen molar-refractivity contribution in [2.24, 2.45) is 5.73 Å². The molecule has 16 heavy (non-hydrogen) atoms. The molecule has 1 unspecified atom stereocenters. The van der Waals surface area contributed by atoms with E-state index in [-0.39, 0.29) is 18.3 Å². The Balaban J connectivity index is 2.26. The molecule has 94 valence electrons. The fourth-order valence-electron chi connectivity index (χ4n) is 1.72. The quantitative estimate of drug-likeness (QED) is 0.557. The van der Waals surface area contributed by atoms with E-state index in [0.717, 1.165) is 25.8 Å². The molecule has 6 nitrogen and oxygen atoms in total. The van der Waals surface area contributed by atoms with E-state index in [9.17, 15) is 13.2 Å². The Morgan fingerprint density at radius 1 is 1.44 bits per heavy atom. The molecule has 0 aromatic heterocycles. The Kier molecular flexibility index (Phi) is 5.17. The molecule has 1 amide bonds. The predicted octanol–water partition coefficient (Wildman–Crippen LogP) is -1.08. The summed E-state index contributed by atoms with van der Waals surface area (Å²) in [5, 5.41) is 3.27. The molecule has 1 aliphatic rings. The standard InChI is InChI=1S/C9H19N3O3S/c10-9(13)7-12-16(14,15)6-4-8-3-1-2-5-11-8/h8,11-12H,1-7H2,(H2,10,13). The van der Waals surface area contributed by atoms with E-state index in [0.29, 0.717) is 6.42 Å². The average Bonchev–Trinajstić information content (AvgIpc) is 2.26. The molecule has 1 saturated heterocycles. The molecule has 1 rings (SSSR count). The van der Waals surface area contributed by atoms with Gasteiger partial charge in [-0.2, -0.15) is 0 Å². The lowest BCUT2D eigenvalue weighted by atomic mass is 10.0. The van der Waals surface area contributed by atoms with Gasteiger partial charge in [-0.1, -0.05) is 6.42 Å². The topological polar surface area (TPSA) is 101 Å². The molecule has 1 aliphatic heterocycles. The van der Waals surface area contributed by atoms with Crippen molar-refractivity contribution in [3.63, 3.8) is 0 Å². The molecule has 0 aromatic rings. The smallest absolute Gasteiger partial charge is 0.232 e. The van der Waals surface area contributed by atoms with Gasteiger partial charge in [-0.25, -0.2) is 13.1 Å². The van der Waals surface area contributed by atoms with Crippen molar-refractivity contribution in [2.45, 2.75) is 31.7 Å². The molecular weight excluding hydrogens is 230 g/mol. The number of nitrogens with two attached hydrogens (primary N) is 1. The highest BCUT2D eigenvalue weighted by Gasteiger charge is 2.17. The van der Waals surface area contributed by atoms with Crippen LogP contribution in [-0.2, 0) is 14.8 Å². The summed E-state index contributed by atoms with van der Waals surface area (Å²) in [7, 11) is -3.37. The van der Waals surface area contributed by atoms with Crippen molar-refractivity contribution in [1.82, 2.24) is 10.0 Å². The summed E-state index contributed by atoms with van der Waals surface area (Å²) >= 11 is 0. The van der Waals surface area contributed by atoms with Crippen molar-refractivity contribution in [2.75, 3.05) is 18.8 Å². The molecule has 4 N–H and O–H groups in total. The van der Waals surface area contributed by atoms with Gasteiger partial charge < -0.3 is 11.1 Å². The largest absolute Gasteiger partial charge is 0.369 e. The number of hydrogen-bond donors (Lipinski definition) is 3. The Morgan fingerprint density at radius 2 is 2.19 bits per heavy atom. The lowest BCUT2D eigenvalue weighted by molar-refractivity contribution is -0.116. The van der Waals surface area contributed by atoms with Crippen LogP contribution in [0.1, 0.15) is 25.7 Å². The van der Waals surface area contributed by atoms with Crippen LogP contribution in [0.15, 0.2) is 0 Å². The van der Waals surface area contributed by atoms with Crippen molar-refractivity contribution in [3.8, 4) is 0 Å². The van der Waals surface area contributed by atoms with Crippen LogP contribution in [0.5, 0.6) is 0 Å². The molecule has 0 aliphatic carbocycles. The normalized spacial score (nSPS) is 21.9. The summed E-state index contributed by atoms with van der Waals surface area (Å²) in [6, 6.07) is 0.277. The molecule has 0 aromatic carbocycles. The third-order valence-electron chi connectivity index (χ3n) is 2.61. The van der Waals surface area contributed by atoms with Gasteiger partial charge in [0.1, 0.15) is 0 Å². The third-order valence-corrected chi connectivity index (χ3v) is 3.97. The molecule has 7 heteroatoms. The molecular formula is C9H19N3O3S. The first-order chi connectivity index (χ1) is 7.49. The molecule has 1 heterocycles. The number of nitrogens with one attached hydrogen (secondary N) is 2. The highest BCUT2D eigenvalue weighted by molar-refractivity contribution is 7.89. The lowest BCUT2D eigenvalue weighted by Gasteiger charge is -2.23. The van der Waals surface area contributed by atoms with Gasteiger partial charge in [-0.15, -0.1) is 0 Å². The van der Waals surface area contributed by atoms with E-state index in [4.69, 9.17) is 5.73 Å². The summed E-state index contributed by atoms with van der Waals surface area (Å²) in [5.74, 6) is -0.628. The number of carbonyl (C=O) groups is 1. The monoisotopic (exact) mass is 249 g/mol. The summed E-state index contributed by atoms with van der Waals surface area (Å²) in [5.41, 5.74) is 4.86. The van der Waals surface area contributed by atoms with Gasteiger partial charge in [0, 0.05) is 6.04 Å². The SMILES string of the molecule is NC(=O)CNS(=O)(=O)CCC1CCCCN1. The number of carbonyl (C=O) groups excluding carboxylic acids is 1. The van der Waals surface area contributed by atoms with Crippen LogP contribution < -0.4 is 15.8 Å². The second-order valence-electron chi connectivity index (χ2n) is 4.04. The first-order valence-electron chi connectivity index (χ1n) is 5.48. The van der Waals surface area contributed by atoms with Crippen LogP contribution in [0, 0.1) is 0 Å². The first kappa shape index (κ1) is 13.4. The maximum atomic E-state index is 11.4.